The Hall–Kier alpha value is -0.370. The first-order chi connectivity index (χ1) is 4.70. The van der Waals surface area contributed by atoms with Crippen molar-refractivity contribution >= 4 is 6.29 Å². The summed E-state index contributed by atoms with van der Waals surface area (Å²) in [6.07, 6.45) is 3.02. The van der Waals surface area contributed by atoms with Crippen LogP contribution in [0.4, 0.5) is 0 Å². The van der Waals surface area contributed by atoms with Gasteiger partial charge in [-0.25, -0.2) is 0 Å². The van der Waals surface area contributed by atoms with Gasteiger partial charge in [-0.2, -0.15) is 0 Å². The molecule has 0 aliphatic rings. The van der Waals surface area contributed by atoms with Gasteiger partial charge in [-0.15, -0.1) is 0 Å². The Morgan fingerprint density at radius 1 is 1.50 bits per heavy atom. The van der Waals surface area contributed by atoms with Gasteiger partial charge in [0.05, 0.1) is 0 Å². The van der Waals surface area contributed by atoms with Crippen LogP contribution in [0.25, 0.3) is 0 Å². The molecule has 0 aliphatic carbocycles. The molecule has 0 fully saturated rings. The molecular formula is C8H17NO. The van der Waals surface area contributed by atoms with Gasteiger partial charge in [-0.05, 0) is 33.5 Å². The minimum absolute atomic E-state index is 0.266. The van der Waals surface area contributed by atoms with Gasteiger partial charge in [0.15, 0.2) is 0 Å². The maximum Gasteiger partial charge on any atom is 0.123 e. The van der Waals surface area contributed by atoms with Crippen LogP contribution in [0.15, 0.2) is 0 Å². The fourth-order valence-electron chi connectivity index (χ4n) is 0.792. The molecule has 0 aromatic carbocycles. The Balaban J connectivity index is 3.34. The minimum Gasteiger partial charge on any atom is -0.309 e. The van der Waals surface area contributed by atoms with Crippen LogP contribution in [0.1, 0.15) is 19.8 Å². The topological polar surface area (TPSA) is 20.3 Å². The molecule has 0 aliphatic heterocycles. The minimum atomic E-state index is 0.266. The second-order valence-corrected chi connectivity index (χ2v) is 2.90. The molecule has 10 heavy (non-hydrogen) atoms. The summed E-state index contributed by atoms with van der Waals surface area (Å²) < 4.78 is 0. The molecule has 0 aromatic rings. The zero-order chi connectivity index (χ0) is 7.98. The van der Waals surface area contributed by atoms with Crippen molar-refractivity contribution < 1.29 is 4.79 Å². The summed E-state index contributed by atoms with van der Waals surface area (Å²) in [4.78, 5) is 12.4. The molecule has 0 rings (SSSR count). The van der Waals surface area contributed by atoms with Gasteiger partial charge in [-0.1, -0.05) is 6.92 Å². The normalized spacial score (nSPS) is 13.6. The first kappa shape index (κ1) is 9.63. The molecule has 60 valence electrons. The van der Waals surface area contributed by atoms with E-state index in [0.29, 0.717) is 0 Å². The van der Waals surface area contributed by atoms with Crippen LogP contribution >= 0.6 is 0 Å². The second-order valence-electron chi connectivity index (χ2n) is 2.90. The van der Waals surface area contributed by atoms with Crippen molar-refractivity contribution in [2.45, 2.75) is 19.8 Å². The Morgan fingerprint density at radius 2 is 2.10 bits per heavy atom. The zero-order valence-electron chi connectivity index (χ0n) is 7.13. The lowest BCUT2D eigenvalue weighted by molar-refractivity contribution is -0.111. The lowest BCUT2D eigenvalue weighted by Gasteiger charge is -2.11. The third-order valence-corrected chi connectivity index (χ3v) is 1.66. The van der Waals surface area contributed by atoms with E-state index in [1.54, 1.807) is 0 Å². The van der Waals surface area contributed by atoms with Crippen LogP contribution in [0, 0.1) is 5.92 Å². The van der Waals surface area contributed by atoms with Gasteiger partial charge in [-0.3, -0.25) is 0 Å². The fraction of sp³-hybridized carbons (Fsp3) is 0.875. The summed E-state index contributed by atoms with van der Waals surface area (Å²) in [7, 11) is 4.05. The summed E-state index contributed by atoms with van der Waals surface area (Å²) in [5.74, 6) is 0.266. The number of hydrogen-bond acceptors (Lipinski definition) is 2. The summed E-state index contributed by atoms with van der Waals surface area (Å²) in [6, 6.07) is 0. The van der Waals surface area contributed by atoms with Crippen molar-refractivity contribution in [2.24, 2.45) is 5.92 Å². The van der Waals surface area contributed by atoms with E-state index in [1.165, 1.54) is 0 Å². The van der Waals surface area contributed by atoms with E-state index in [4.69, 9.17) is 0 Å². The summed E-state index contributed by atoms with van der Waals surface area (Å²) >= 11 is 0. The fourth-order valence-corrected chi connectivity index (χ4v) is 0.792. The third-order valence-electron chi connectivity index (χ3n) is 1.66. The number of rotatable bonds is 5. The maximum atomic E-state index is 10.3. The molecule has 1 unspecified atom stereocenters. The van der Waals surface area contributed by atoms with Crippen LogP contribution in [0.2, 0.25) is 0 Å². The van der Waals surface area contributed by atoms with E-state index >= 15 is 0 Å². The Morgan fingerprint density at radius 3 is 2.40 bits per heavy atom. The maximum absolute atomic E-state index is 10.3. The third kappa shape index (κ3) is 4.50. The van der Waals surface area contributed by atoms with Crippen LogP contribution in [-0.4, -0.2) is 31.8 Å². The molecule has 0 saturated carbocycles. The molecule has 2 nitrogen and oxygen atoms in total. The molecule has 0 amide bonds. The lowest BCUT2D eigenvalue weighted by Crippen LogP contribution is -2.16. The quantitative estimate of drug-likeness (QED) is 0.538. The molecule has 0 aromatic heterocycles. The SMILES string of the molecule is CCC(C=O)CCN(C)C. The largest absolute Gasteiger partial charge is 0.309 e. The summed E-state index contributed by atoms with van der Waals surface area (Å²) in [5, 5.41) is 0. The zero-order valence-corrected chi connectivity index (χ0v) is 7.13. The van der Waals surface area contributed by atoms with Crippen molar-refractivity contribution in [3.63, 3.8) is 0 Å². The summed E-state index contributed by atoms with van der Waals surface area (Å²) in [6.45, 7) is 3.06. The predicted octanol–water partition coefficient (Wildman–Crippen LogP) is 1.16. The molecule has 0 heterocycles. The van der Waals surface area contributed by atoms with Crippen LogP contribution in [0.5, 0.6) is 0 Å². The Labute approximate surface area is 63.2 Å². The Bertz CT molecular complexity index is 91.3. The van der Waals surface area contributed by atoms with Gasteiger partial charge in [0.2, 0.25) is 0 Å². The molecule has 0 N–H and O–H groups in total. The van der Waals surface area contributed by atoms with Crippen molar-refractivity contribution in [3.05, 3.63) is 0 Å². The lowest BCUT2D eigenvalue weighted by atomic mass is 10.0. The number of hydrogen-bond donors (Lipinski definition) is 0. The van der Waals surface area contributed by atoms with Gasteiger partial charge >= 0.3 is 0 Å². The van der Waals surface area contributed by atoms with Crippen molar-refractivity contribution in [3.8, 4) is 0 Å². The van der Waals surface area contributed by atoms with Crippen molar-refractivity contribution in [1.82, 2.24) is 4.90 Å². The second kappa shape index (κ2) is 5.42. The highest BCUT2D eigenvalue weighted by Crippen LogP contribution is 2.03. The molecule has 0 bridgehead atoms. The number of nitrogens with zero attached hydrogens (tertiary/aromatic N) is 1. The molecule has 1 atom stereocenters. The highest BCUT2D eigenvalue weighted by molar-refractivity contribution is 5.53. The molecular weight excluding hydrogens is 126 g/mol. The van der Waals surface area contributed by atoms with E-state index in [1.807, 2.05) is 14.1 Å². The highest BCUT2D eigenvalue weighted by Gasteiger charge is 2.03. The van der Waals surface area contributed by atoms with Gasteiger partial charge in [0.1, 0.15) is 6.29 Å². The van der Waals surface area contributed by atoms with Crippen molar-refractivity contribution in [2.75, 3.05) is 20.6 Å². The van der Waals surface area contributed by atoms with Gasteiger partial charge < -0.3 is 9.69 Å². The standard InChI is InChI=1S/C8H17NO/c1-4-8(7-10)5-6-9(2)3/h7-8H,4-6H2,1-3H3. The van der Waals surface area contributed by atoms with Crippen LogP contribution < -0.4 is 0 Å². The Kier molecular flexibility index (Phi) is 5.22. The smallest absolute Gasteiger partial charge is 0.123 e. The average Bonchev–Trinajstić information content (AvgIpc) is 1.90. The van der Waals surface area contributed by atoms with Crippen LogP contribution in [0.3, 0.4) is 0 Å². The van der Waals surface area contributed by atoms with E-state index in [9.17, 15) is 4.79 Å². The number of carbonyl (C=O) groups excluding carboxylic acids is 1. The first-order valence-electron chi connectivity index (χ1n) is 3.80. The monoisotopic (exact) mass is 143 g/mol. The average molecular weight is 143 g/mol. The predicted molar refractivity (Wildman–Crippen MR) is 43.0 cm³/mol. The van der Waals surface area contributed by atoms with E-state index in [0.717, 1.165) is 25.7 Å². The number of carbonyl (C=O) groups is 1. The molecule has 2 heteroatoms. The number of aldehydes is 1. The molecule has 0 spiro atoms. The van der Waals surface area contributed by atoms with Gasteiger partial charge in [0.25, 0.3) is 0 Å². The van der Waals surface area contributed by atoms with Gasteiger partial charge in [0, 0.05) is 5.92 Å². The van der Waals surface area contributed by atoms with Crippen LogP contribution in [-0.2, 0) is 4.79 Å². The first-order valence-corrected chi connectivity index (χ1v) is 3.80. The van der Waals surface area contributed by atoms with E-state index in [2.05, 4.69) is 11.8 Å². The molecule has 0 radical (unpaired) electrons. The molecule has 0 saturated heterocycles. The van der Waals surface area contributed by atoms with E-state index < -0.39 is 0 Å². The van der Waals surface area contributed by atoms with E-state index in [-0.39, 0.29) is 5.92 Å². The highest BCUT2D eigenvalue weighted by atomic mass is 16.1. The van der Waals surface area contributed by atoms with Crippen molar-refractivity contribution in [1.29, 1.82) is 0 Å². The summed E-state index contributed by atoms with van der Waals surface area (Å²) in [5.41, 5.74) is 0.